The number of furan rings is 1. The van der Waals surface area contributed by atoms with Gasteiger partial charge in [-0.1, -0.05) is 12.0 Å². The lowest BCUT2D eigenvalue weighted by Gasteiger charge is -2.33. The number of hydrogen-bond acceptors (Lipinski definition) is 6. The Morgan fingerprint density at radius 1 is 1.24 bits per heavy atom. The second-order valence-corrected chi connectivity index (χ2v) is 9.58. The van der Waals surface area contributed by atoms with Crippen LogP contribution < -0.4 is 15.4 Å². The van der Waals surface area contributed by atoms with Gasteiger partial charge in [0.15, 0.2) is 11.3 Å². The van der Waals surface area contributed by atoms with E-state index in [0.717, 1.165) is 0 Å². The SMILES string of the molecule is CNC(=O)c1ccc(OCC#Cc2oc3c(N[C@@H]4CCN(C)C[C@@H]4F)cccc3c2SC(F)(F)F)cc1. The molecular formula is C26H25F4N3O3S. The molecule has 1 aromatic heterocycles. The number of ether oxygens (including phenoxy) is 1. The van der Waals surface area contributed by atoms with Crippen LogP contribution in [0, 0.1) is 11.8 Å². The number of rotatable bonds is 6. The van der Waals surface area contributed by atoms with Gasteiger partial charge in [0.2, 0.25) is 0 Å². The number of thioether (sulfide) groups is 1. The second kappa shape index (κ2) is 11.4. The fraction of sp³-hybridized carbons (Fsp3) is 0.346. The first-order valence-electron chi connectivity index (χ1n) is 11.5. The van der Waals surface area contributed by atoms with Crippen molar-refractivity contribution in [3.05, 3.63) is 53.8 Å². The Morgan fingerprint density at radius 2 is 2.00 bits per heavy atom. The molecule has 1 amide bonds. The number of amides is 1. The van der Waals surface area contributed by atoms with E-state index in [-0.39, 0.29) is 52.4 Å². The lowest BCUT2D eigenvalue weighted by molar-refractivity contribution is -0.0328. The first-order valence-corrected chi connectivity index (χ1v) is 12.3. The van der Waals surface area contributed by atoms with Gasteiger partial charge >= 0.3 is 5.51 Å². The molecule has 4 rings (SSSR count). The smallest absolute Gasteiger partial charge is 0.446 e. The molecule has 0 radical (unpaired) electrons. The minimum absolute atomic E-state index is 0.114. The summed E-state index contributed by atoms with van der Waals surface area (Å²) in [6, 6.07) is 10.7. The standard InChI is InChI=1S/C26H25F4N3O3S/c1-31-25(34)16-8-10-17(11-9-16)35-14-4-7-22-24(37-26(28,29)30)18-5-3-6-21(23(18)36-22)32-20-12-13-33(2)15-19(20)27/h3,5-6,8-11,19-20,32H,12-15H2,1-2H3,(H,31,34)/t19-,20+/m0/s1. The third kappa shape index (κ3) is 6.70. The first-order chi connectivity index (χ1) is 17.6. The van der Waals surface area contributed by atoms with Crippen molar-refractivity contribution in [1.29, 1.82) is 0 Å². The van der Waals surface area contributed by atoms with E-state index in [2.05, 4.69) is 22.5 Å². The second-order valence-electron chi connectivity index (χ2n) is 8.50. The molecule has 0 aliphatic carbocycles. The molecule has 2 aromatic carbocycles. The minimum atomic E-state index is -4.56. The number of anilines is 1. The normalized spacial score (nSPS) is 18.2. The van der Waals surface area contributed by atoms with Gasteiger partial charge < -0.3 is 24.7 Å². The topological polar surface area (TPSA) is 66.7 Å². The largest absolute Gasteiger partial charge is 0.481 e. The molecule has 0 spiro atoms. The van der Waals surface area contributed by atoms with Crippen LogP contribution in [0.5, 0.6) is 5.75 Å². The highest BCUT2D eigenvalue weighted by atomic mass is 32.2. The van der Waals surface area contributed by atoms with Gasteiger partial charge in [-0.3, -0.25) is 4.79 Å². The maximum Gasteiger partial charge on any atom is 0.446 e. The zero-order valence-electron chi connectivity index (χ0n) is 20.1. The van der Waals surface area contributed by atoms with Gasteiger partial charge in [0.1, 0.15) is 18.5 Å². The highest BCUT2D eigenvalue weighted by Crippen LogP contribution is 2.45. The van der Waals surface area contributed by atoms with E-state index in [0.29, 0.717) is 30.0 Å². The summed E-state index contributed by atoms with van der Waals surface area (Å²) in [6.45, 7) is 0.857. The number of hydrogen-bond donors (Lipinski definition) is 2. The lowest BCUT2D eigenvalue weighted by Crippen LogP contribution is -2.46. The van der Waals surface area contributed by atoms with Crippen LogP contribution in [0.3, 0.4) is 0 Å². The van der Waals surface area contributed by atoms with E-state index >= 15 is 0 Å². The summed E-state index contributed by atoms with van der Waals surface area (Å²) in [5.74, 6) is 5.39. The number of benzene rings is 2. The van der Waals surface area contributed by atoms with Gasteiger partial charge in [0.25, 0.3) is 5.91 Å². The van der Waals surface area contributed by atoms with Crippen molar-refractivity contribution >= 4 is 34.3 Å². The summed E-state index contributed by atoms with van der Waals surface area (Å²) in [4.78, 5) is 13.4. The molecule has 0 bridgehead atoms. The van der Waals surface area contributed by atoms with Crippen molar-refractivity contribution in [2.75, 3.05) is 39.1 Å². The number of piperidine rings is 1. The number of para-hydroxylation sites is 1. The van der Waals surface area contributed by atoms with Crippen LogP contribution in [0.1, 0.15) is 22.5 Å². The maximum absolute atomic E-state index is 14.6. The molecule has 2 atom stereocenters. The van der Waals surface area contributed by atoms with Crippen LogP contribution in [0.2, 0.25) is 0 Å². The van der Waals surface area contributed by atoms with E-state index in [1.165, 1.54) is 13.1 Å². The van der Waals surface area contributed by atoms with Crippen molar-refractivity contribution in [2.45, 2.75) is 29.0 Å². The summed E-state index contributed by atoms with van der Waals surface area (Å²) in [7, 11) is 3.36. The van der Waals surface area contributed by atoms with E-state index in [4.69, 9.17) is 9.15 Å². The molecule has 2 N–H and O–H groups in total. The Hall–Kier alpha value is -3.36. The fourth-order valence-electron chi connectivity index (χ4n) is 4.01. The summed E-state index contributed by atoms with van der Waals surface area (Å²) >= 11 is -0.303. The van der Waals surface area contributed by atoms with Gasteiger partial charge in [-0.2, -0.15) is 13.2 Å². The predicted octanol–water partition coefficient (Wildman–Crippen LogP) is 5.29. The van der Waals surface area contributed by atoms with Crippen molar-refractivity contribution < 1.29 is 31.5 Å². The average molecular weight is 536 g/mol. The number of nitrogens with zero attached hydrogens (tertiary/aromatic N) is 1. The molecule has 1 aliphatic rings. The zero-order valence-corrected chi connectivity index (χ0v) is 20.9. The van der Waals surface area contributed by atoms with E-state index in [1.807, 2.05) is 11.9 Å². The Balaban J connectivity index is 1.56. The molecular weight excluding hydrogens is 510 g/mol. The molecule has 3 aromatic rings. The molecule has 6 nitrogen and oxygen atoms in total. The highest BCUT2D eigenvalue weighted by molar-refractivity contribution is 8.00. The molecule has 2 heterocycles. The van der Waals surface area contributed by atoms with Gasteiger partial charge in [0.05, 0.1) is 16.6 Å². The first kappa shape index (κ1) is 26.7. The lowest BCUT2D eigenvalue weighted by atomic mass is 10.0. The Morgan fingerprint density at radius 3 is 2.68 bits per heavy atom. The van der Waals surface area contributed by atoms with Crippen LogP contribution in [0.4, 0.5) is 23.2 Å². The third-order valence-corrected chi connectivity index (χ3v) is 6.67. The van der Waals surface area contributed by atoms with Crippen molar-refractivity contribution in [2.24, 2.45) is 0 Å². The Kier molecular flexibility index (Phi) is 8.19. The van der Waals surface area contributed by atoms with E-state index in [9.17, 15) is 22.4 Å². The summed E-state index contributed by atoms with van der Waals surface area (Å²) in [6.07, 6.45) is -0.581. The molecule has 0 saturated carbocycles. The number of nitrogens with one attached hydrogen (secondary N) is 2. The fourth-order valence-corrected chi connectivity index (χ4v) is 4.70. The monoisotopic (exact) mass is 535 g/mol. The summed E-state index contributed by atoms with van der Waals surface area (Å²) in [5.41, 5.74) is -3.49. The van der Waals surface area contributed by atoms with E-state index < -0.39 is 17.7 Å². The van der Waals surface area contributed by atoms with Crippen LogP contribution in [-0.2, 0) is 0 Å². The molecule has 11 heteroatoms. The molecule has 1 fully saturated rings. The number of carbonyl (C=O) groups excluding carboxylic acids is 1. The molecule has 1 aliphatic heterocycles. The Labute approximate surface area is 215 Å². The van der Waals surface area contributed by atoms with Gasteiger partial charge in [-0.25, -0.2) is 4.39 Å². The number of alkyl halides is 4. The zero-order chi connectivity index (χ0) is 26.6. The van der Waals surface area contributed by atoms with E-state index in [1.54, 1.807) is 36.4 Å². The van der Waals surface area contributed by atoms with Crippen LogP contribution in [-0.4, -0.2) is 62.3 Å². The molecule has 37 heavy (non-hydrogen) atoms. The van der Waals surface area contributed by atoms with Gasteiger partial charge in [-0.05, 0) is 67.5 Å². The number of likely N-dealkylation sites (tertiary alicyclic amines) is 1. The molecule has 196 valence electrons. The Bertz CT molecular complexity index is 1310. The quantitative estimate of drug-likeness (QED) is 0.254. The van der Waals surface area contributed by atoms with Crippen LogP contribution >= 0.6 is 11.8 Å². The van der Waals surface area contributed by atoms with Crippen LogP contribution in [0.25, 0.3) is 11.0 Å². The predicted molar refractivity (Wildman–Crippen MR) is 135 cm³/mol. The molecule has 1 saturated heterocycles. The summed E-state index contributed by atoms with van der Waals surface area (Å²) in [5, 5.41) is 5.87. The average Bonchev–Trinajstić information content (AvgIpc) is 3.20. The highest BCUT2D eigenvalue weighted by Gasteiger charge is 2.34. The van der Waals surface area contributed by atoms with Crippen molar-refractivity contribution in [3.8, 4) is 17.6 Å². The number of halogens is 4. The van der Waals surface area contributed by atoms with Crippen molar-refractivity contribution in [3.63, 3.8) is 0 Å². The van der Waals surface area contributed by atoms with Gasteiger partial charge in [-0.15, -0.1) is 0 Å². The number of fused-ring (bicyclic) bond motifs is 1. The summed E-state index contributed by atoms with van der Waals surface area (Å²) < 4.78 is 66.0. The molecule has 0 unspecified atom stereocenters. The van der Waals surface area contributed by atoms with Crippen molar-refractivity contribution in [1.82, 2.24) is 10.2 Å². The van der Waals surface area contributed by atoms with Crippen LogP contribution in [0.15, 0.2) is 51.8 Å². The maximum atomic E-state index is 14.6. The number of carbonyl (C=O) groups is 1. The third-order valence-electron chi connectivity index (χ3n) is 5.83. The van der Waals surface area contributed by atoms with Gasteiger partial charge in [0, 0.05) is 31.1 Å². The minimum Gasteiger partial charge on any atom is -0.481 e.